The Labute approximate surface area is 207 Å². The maximum absolute atomic E-state index is 13.3. The summed E-state index contributed by atoms with van der Waals surface area (Å²) in [7, 11) is -3.75. The second kappa shape index (κ2) is 11.7. The van der Waals surface area contributed by atoms with E-state index in [0.717, 1.165) is 21.7 Å². The quantitative estimate of drug-likeness (QED) is 0.444. The van der Waals surface area contributed by atoms with E-state index in [1.165, 1.54) is 0 Å². The van der Waals surface area contributed by atoms with Gasteiger partial charge in [-0.3, -0.25) is 13.9 Å². The van der Waals surface area contributed by atoms with Crippen LogP contribution in [0.3, 0.4) is 0 Å². The number of nitrogens with zero attached hydrogens (tertiary/aromatic N) is 1. The Balaban J connectivity index is 1.77. The molecule has 2 N–H and O–H groups in total. The lowest BCUT2D eigenvalue weighted by Crippen LogP contribution is -2.47. The summed E-state index contributed by atoms with van der Waals surface area (Å²) in [5, 5.41) is 5.66. The van der Waals surface area contributed by atoms with Crippen LogP contribution in [0.25, 0.3) is 0 Å². The SMILES string of the molecule is CC[C@@H](C(=O)Nc1ccccc1C(=O)NCCc1ccccc1)N(c1ccc(C)cc1)S(C)(=O)=O. The van der Waals surface area contributed by atoms with Gasteiger partial charge >= 0.3 is 0 Å². The van der Waals surface area contributed by atoms with Crippen LogP contribution in [0.4, 0.5) is 11.4 Å². The number of nitrogens with one attached hydrogen (secondary N) is 2. The number of carbonyl (C=O) groups excluding carboxylic acids is 2. The monoisotopic (exact) mass is 493 g/mol. The van der Waals surface area contributed by atoms with Crippen molar-refractivity contribution in [2.75, 3.05) is 22.4 Å². The van der Waals surface area contributed by atoms with E-state index in [2.05, 4.69) is 10.6 Å². The fourth-order valence-corrected chi connectivity index (χ4v) is 5.03. The summed E-state index contributed by atoms with van der Waals surface area (Å²) in [6.07, 6.45) is 2.01. The number of rotatable bonds is 10. The molecule has 3 rings (SSSR count). The lowest BCUT2D eigenvalue weighted by atomic mass is 10.1. The zero-order valence-electron chi connectivity index (χ0n) is 20.2. The lowest BCUT2D eigenvalue weighted by Gasteiger charge is -2.30. The molecule has 0 radical (unpaired) electrons. The van der Waals surface area contributed by atoms with Gasteiger partial charge in [-0.25, -0.2) is 8.42 Å². The van der Waals surface area contributed by atoms with E-state index < -0.39 is 22.0 Å². The molecule has 0 aliphatic rings. The Morgan fingerprint density at radius 2 is 1.54 bits per heavy atom. The maximum atomic E-state index is 13.3. The van der Waals surface area contributed by atoms with Crippen LogP contribution in [-0.4, -0.2) is 39.1 Å². The van der Waals surface area contributed by atoms with Crippen LogP contribution < -0.4 is 14.9 Å². The fourth-order valence-electron chi connectivity index (χ4n) is 3.82. The van der Waals surface area contributed by atoms with Gasteiger partial charge in [0.2, 0.25) is 15.9 Å². The molecule has 35 heavy (non-hydrogen) atoms. The highest BCUT2D eigenvalue weighted by Gasteiger charge is 2.32. The third-order valence-electron chi connectivity index (χ3n) is 5.59. The number of para-hydroxylation sites is 1. The van der Waals surface area contributed by atoms with Crippen molar-refractivity contribution in [3.63, 3.8) is 0 Å². The normalized spacial score (nSPS) is 12.0. The molecule has 0 heterocycles. The van der Waals surface area contributed by atoms with Crippen LogP contribution in [0.2, 0.25) is 0 Å². The van der Waals surface area contributed by atoms with E-state index >= 15 is 0 Å². The van der Waals surface area contributed by atoms with Gasteiger partial charge < -0.3 is 10.6 Å². The van der Waals surface area contributed by atoms with Gasteiger partial charge in [0.25, 0.3) is 5.91 Å². The van der Waals surface area contributed by atoms with Gasteiger partial charge in [-0.1, -0.05) is 67.1 Å². The summed E-state index contributed by atoms with van der Waals surface area (Å²) in [6, 6.07) is 22.5. The first-order valence-electron chi connectivity index (χ1n) is 11.5. The highest BCUT2D eigenvalue weighted by Crippen LogP contribution is 2.24. The molecule has 0 saturated heterocycles. The molecule has 1 atom stereocenters. The molecule has 2 amide bonds. The zero-order chi connectivity index (χ0) is 25.4. The van der Waals surface area contributed by atoms with Crippen molar-refractivity contribution in [3.8, 4) is 0 Å². The smallest absolute Gasteiger partial charge is 0.253 e. The van der Waals surface area contributed by atoms with Crippen molar-refractivity contribution < 1.29 is 18.0 Å². The molecule has 3 aromatic rings. The number of hydrogen-bond donors (Lipinski definition) is 2. The first kappa shape index (κ1) is 26.0. The predicted octanol–water partition coefficient (Wildman–Crippen LogP) is 4.15. The average Bonchev–Trinajstić information content (AvgIpc) is 2.83. The Hall–Kier alpha value is -3.65. The molecular formula is C27H31N3O4S. The summed E-state index contributed by atoms with van der Waals surface area (Å²) >= 11 is 0. The van der Waals surface area contributed by atoms with Crippen molar-refractivity contribution >= 4 is 33.2 Å². The molecule has 8 heteroatoms. The number of anilines is 2. The third kappa shape index (κ3) is 6.93. The molecule has 0 fully saturated rings. The van der Waals surface area contributed by atoms with Crippen molar-refractivity contribution in [2.45, 2.75) is 32.7 Å². The Morgan fingerprint density at radius 1 is 0.914 bits per heavy atom. The topological polar surface area (TPSA) is 95.6 Å². The second-order valence-electron chi connectivity index (χ2n) is 8.34. The molecule has 0 aliphatic heterocycles. The zero-order valence-corrected chi connectivity index (χ0v) is 21.0. The molecule has 0 unspecified atom stereocenters. The van der Waals surface area contributed by atoms with Crippen LogP contribution in [0, 0.1) is 6.92 Å². The minimum Gasteiger partial charge on any atom is -0.352 e. The summed E-state index contributed by atoms with van der Waals surface area (Å²) in [4.78, 5) is 26.2. The van der Waals surface area contributed by atoms with Gasteiger partial charge in [-0.2, -0.15) is 0 Å². The molecule has 0 saturated carbocycles. The fraction of sp³-hybridized carbons (Fsp3) is 0.259. The molecular weight excluding hydrogens is 462 g/mol. The Bertz CT molecular complexity index is 1260. The number of aryl methyl sites for hydroxylation is 1. The van der Waals surface area contributed by atoms with E-state index in [0.29, 0.717) is 29.9 Å². The van der Waals surface area contributed by atoms with E-state index in [-0.39, 0.29) is 12.3 Å². The molecule has 0 bridgehead atoms. The average molecular weight is 494 g/mol. The summed E-state index contributed by atoms with van der Waals surface area (Å²) in [6.45, 7) is 4.09. The van der Waals surface area contributed by atoms with Crippen molar-refractivity contribution in [3.05, 3.63) is 95.6 Å². The van der Waals surface area contributed by atoms with Gasteiger partial charge in [0, 0.05) is 6.54 Å². The highest BCUT2D eigenvalue weighted by molar-refractivity contribution is 7.92. The minimum atomic E-state index is -3.75. The number of carbonyl (C=O) groups is 2. The van der Waals surface area contributed by atoms with Crippen LogP contribution in [0.1, 0.15) is 34.8 Å². The number of benzene rings is 3. The Morgan fingerprint density at radius 3 is 2.17 bits per heavy atom. The van der Waals surface area contributed by atoms with Gasteiger partial charge in [0.05, 0.1) is 23.2 Å². The molecule has 3 aromatic carbocycles. The summed E-state index contributed by atoms with van der Waals surface area (Å²) < 4.78 is 26.5. The number of sulfonamides is 1. The highest BCUT2D eigenvalue weighted by atomic mass is 32.2. The first-order chi connectivity index (χ1) is 16.7. The Kier molecular flexibility index (Phi) is 8.65. The molecule has 0 aromatic heterocycles. The predicted molar refractivity (Wildman–Crippen MR) is 140 cm³/mol. The van der Waals surface area contributed by atoms with Gasteiger partial charge in [0.15, 0.2) is 0 Å². The molecule has 0 spiro atoms. The van der Waals surface area contributed by atoms with Crippen LogP contribution in [0.15, 0.2) is 78.9 Å². The van der Waals surface area contributed by atoms with Gasteiger partial charge in [-0.15, -0.1) is 0 Å². The number of amides is 2. The van der Waals surface area contributed by atoms with Crippen LogP contribution >= 0.6 is 0 Å². The van der Waals surface area contributed by atoms with Crippen molar-refractivity contribution in [2.24, 2.45) is 0 Å². The second-order valence-corrected chi connectivity index (χ2v) is 10.2. The lowest BCUT2D eigenvalue weighted by molar-refractivity contribution is -0.117. The minimum absolute atomic E-state index is 0.248. The van der Waals surface area contributed by atoms with Crippen molar-refractivity contribution in [1.29, 1.82) is 0 Å². The largest absolute Gasteiger partial charge is 0.352 e. The van der Waals surface area contributed by atoms with Crippen LogP contribution in [-0.2, 0) is 21.2 Å². The molecule has 184 valence electrons. The standard InChI is InChI=1S/C27H31N3O4S/c1-4-25(30(35(3,33)34)22-16-14-20(2)15-17-22)27(32)29-24-13-9-8-12-23(24)26(31)28-19-18-21-10-6-5-7-11-21/h5-17,25H,4,18-19H2,1-3H3,(H,28,31)(H,29,32)/t25-/m0/s1. The van der Waals surface area contributed by atoms with Gasteiger partial charge in [-0.05, 0) is 49.6 Å². The van der Waals surface area contributed by atoms with E-state index in [4.69, 9.17) is 0 Å². The summed E-state index contributed by atoms with van der Waals surface area (Å²) in [5.41, 5.74) is 3.13. The molecule has 7 nitrogen and oxygen atoms in total. The third-order valence-corrected chi connectivity index (χ3v) is 6.77. The van der Waals surface area contributed by atoms with E-state index in [9.17, 15) is 18.0 Å². The number of hydrogen-bond acceptors (Lipinski definition) is 4. The van der Waals surface area contributed by atoms with E-state index in [1.807, 2.05) is 37.3 Å². The van der Waals surface area contributed by atoms with Crippen molar-refractivity contribution in [1.82, 2.24) is 5.32 Å². The summed E-state index contributed by atoms with van der Waals surface area (Å²) in [5.74, 6) is -0.827. The molecule has 0 aliphatic carbocycles. The first-order valence-corrected chi connectivity index (χ1v) is 13.3. The van der Waals surface area contributed by atoms with Gasteiger partial charge in [0.1, 0.15) is 6.04 Å². The maximum Gasteiger partial charge on any atom is 0.253 e. The van der Waals surface area contributed by atoms with Crippen LogP contribution in [0.5, 0.6) is 0 Å². The van der Waals surface area contributed by atoms with E-state index in [1.54, 1.807) is 55.5 Å².